The van der Waals surface area contributed by atoms with Crippen LogP contribution in [0.5, 0.6) is 0 Å². The molecule has 0 saturated carbocycles. The Bertz CT molecular complexity index is 1020. The topological polar surface area (TPSA) is 71.8 Å². The number of benzene rings is 1. The molecule has 0 amide bonds. The third-order valence-electron chi connectivity index (χ3n) is 3.60. The van der Waals surface area contributed by atoms with Gasteiger partial charge in [0.25, 0.3) is 0 Å². The maximum atomic E-state index is 6.33. The van der Waals surface area contributed by atoms with Gasteiger partial charge in [0.1, 0.15) is 0 Å². The van der Waals surface area contributed by atoms with Crippen LogP contribution in [0.1, 0.15) is 19.2 Å². The fraction of sp³-hybridized carbons (Fsp3) is 0.200. The van der Waals surface area contributed by atoms with Crippen LogP contribution in [0.15, 0.2) is 24.4 Å². The predicted molar refractivity (Wildman–Crippen MR) is 95.7 cm³/mol. The van der Waals surface area contributed by atoms with Gasteiger partial charge in [0.05, 0.1) is 22.5 Å². The van der Waals surface area contributed by atoms with Crippen molar-refractivity contribution in [1.29, 1.82) is 0 Å². The Morgan fingerprint density at radius 1 is 1.21 bits per heavy atom. The maximum Gasteiger partial charge on any atom is 0.234 e. The Morgan fingerprint density at radius 3 is 2.88 bits per heavy atom. The molecule has 122 valence electrons. The van der Waals surface area contributed by atoms with E-state index in [1.165, 1.54) is 11.3 Å². The number of fused-ring (bicyclic) bond motifs is 1. The van der Waals surface area contributed by atoms with Crippen molar-refractivity contribution < 1.29 is 0 Å². The van der Waals surface area contributed by atoms with Crippen LogP contribution in [0, 0.1) is 0 Å². The molecule has 0 spiro atoms. The zero-order valence-electron chi connectivity index (χ0n) is 12.6. The summed E-state index contributed by atoms with van der Waals surface area (Å²) in [7, 11) is 0. The van der Waals surface area contributed by atoms with Crippen LogP contribution in [-0.2, 0) is 6.42 Å². The summed E-state index contributed by atoms with van der Waals surface area (Å²) in [5.41, 5.74) is 2.50. The van der Waals surface area contributed by atoms with Gasteiger partial charge in [0.2, 0.25) is 4.96 Å². The summed E-state index contributed by atoms with van der Waals surface area (Å²) in [5, 5.41) is 22.1. The van der Waals surface area contributed by atoms with Gasteiger partial charge in [0.15, 0.2) is 10.8 Å². The number of halogens is 2. The van der Waals surface area contributed by atoms with Crippen LogP contribution >= 0.6 is 34.5 Å². The number of nitrogens with zero attached hydrogens (tertiary/aromatic N) is 5. The van der Waals surface area contributed by atoms with Crippen LogP contribution in [0.3, 0.4) is 0 Å². The molecular weight excluding hydrogens is 367 g/mol. The number of aromatic nitrogens is 6. The lowest BCUT2D eigenvalue weighted by Crippen LogP contribution is -1.95. The summed E-state index contributed by atoms with van der Waals surface area (Å²) in [4.78, 5) is 0.766. The van der Waals surface area contributed by atoms with E-state index in [1.807, 2.05) is 6.07 Å². The smallest absolute Gasteiger partial charge is 0.234 e. The largest absolute Gasteiger partial charge is 0.277 e. The molecule has 4 rings (SSSR count). The monoisotopic (exact) mass is 378 g/mol. The van der Waals surface area contributed by atoms with E-state index >= 15 is 0 Å². The van der Waals surface area contributed by atoms with Crippen LogP contribution in [0.2, 0.25) is 10.0 Å². The molecule has 0 aliphatic carbocycles. The average molecular weight is 379 g/mol. The van der Waals surface area contributed by atoms with Crippen molar-refractivity contribution in [2.24, 2.45) is 0 Å². The van der Waals surface area contributed by atoms with Gasteiger partial charge in [-0.1, -0.05) is 41.5 Å². The first-order valence-electron chi connectivity index (χ1n) is 7.37. The Hall–Kier alpha value is -1.96. The Kier molecular flexibility index (Phi) is 3.99. The zero-order chi connectivity index (χ0) is 16.7. The van der Waals surface area contributed by atoms with Gasteiger partial charge in [-0.05, 0) is 24.6 Å². The first kappa shape index (κ1) is 15.6. The first-order chi connectivity index (χ1) is 11.7. The summed E-state index contributed by atoms with van der Waals surface area (Å²) in [5.74, 6) is 0.865. The van der Waals surface area contributed by atoms with Crippen LogP contribution in [-0.4, -0.2) is 30.0 Å². The average Bonchev–Trinajstić information content (AvgIpc) is 3.23. The summed E-state index contributed by atoms with van der Waals surface area (Å²) < 4.78 is 1.80. The van der Waals surface area contributed by atoms with Crippen molar-refractivity contribution in [3.63, 3.8) is 0 Å². The second-order valence-corrected chi connectivity index (χ2v) is 7.05. The summed E-state index contributed by atoms with van der Waals surface area (Å²) in [6.45, 7) is 2.10. The van der Waals surface area contributed by atoms with E-state index in [-0.39, 0.29) is 0 Å². The molecule has 4 aromatic rings. The van der Waals surface area contributed by atoms with E-state index < -0.39 is 0 Å². The molecule has 0 fully saturated rings. The molecule has 3 heterocycles. The van der Waals surface area contributed by atoms with E-state index in [4.69, 9.17) is 23.2 Å². The molecule has 24 heavy (non-hydrogen) atoms. The summed E-state index contributed by atoms with van der Waals surface area (Å²) in [6, 6.07) is 5.37. The predicted octanol–water partition coefficient (Wildman–Crippen LogP) is 4.50. The number of nitrogens with one attached hydrogen (secondary N) is 1. The van der Waals surface area contributed by atoms with Crippen molar-refractivity contribution in [1.82, 2.24) is 30.0 Å². The molecule has 9 heteroatoms. The highest BCUT2D eigenvalue weighted by atomic mass is 35.5. The minimum atomic E-state index is 0.558. The SMILES string of the molecule is CCCc1nnc2sc(-c3cn[nH]c3-c3ccc(Cl)cc3Cl)nn12. The molecule has 0 radical (unpaired) electrons. The lowest BCUT2D eigenvalue weighted by Gasteiger charge is -2.04. The maximum absolute atomic E-state index is 6.33. The molecule has 1 N–H and O–H groups in total. The van der Waals surface area contributed by atoms with E-state index in [1.54, 1.807) is 22.8 Å². The normalized spacial score (nSPS) is 11.5. The number of hydrogen-bond acceptors (Lipinski definition) is 5. The minimum absolute atomic E-state index is 0.558. The molecule has 0 atom stereocenters. The first-order valence-corrected chi connectivity index (χ1v) is 8.95. The summed E-state index contributed by atoms with van der Waals surface area (Å²) in [6.07, 6.45) is 3.57. The number of aromatic amines is 1. The van der Waals surface area contributed by atoms with E-state index in [0.29, 0.717) is 10.0 Å². The van der Waals surface area contributed by atoms with Gasteiger partial charge >= 0.3 is 0 Å². The molecule has 0 saturated heterocycles. The lowest BCUT2D eigenvalue weighted by molar-refractivity contribution is 0.778. The highest BCUT2D eigenvalue weighted by Crippen LogP contribution is 2.37. The van der Waals surface area contributed by atoms with Crippen molar-refractivity contribution >= 4 is 39.5 Å². The minimum Gasteiger partial charge on any atom is -0.277 e. The molecule has 0 aliphatic rings. The molecule has 0 bridgehead atoms. The van der Waals surface area contributed by atoms with Crippen molar-refractivity contribution in [3.05, 3.63) is 40.3 Å². The number of H-pyrrole nitrogens is 1. The van der Waals surface area contributed by atoms with Crippen molar-refractivity contribution in [2.45, 2.75) is 19.8 Å². The van der Waals surface area contributed by atoms with Crippen LogP contribution < -0.4 is 0 Å². The second-order valence-electron chi connectivity index (χ2n) is 5.25. The Labute approximate surface area is 151 Å². The Morgan fingerprint density at radius 2 is 2.08 bits per heavy atom. The van der Waals surface area contributed by atoms with E-state index in [9.17, 15) is 0 Å². The summed E-state index contributed by atoms with van der Waals surface area (Å²) >= 11 is 13.8. The highest BCUT2D eigenvalue weighted by Gasteiger charge is 2.18. The van der Waals surface area contributed by atoms with Gasteiger partial charge < -0.3 is 0 Å². The van der Waals surface area contributed by atoms with Gasteiger partial charge in [0, 0.05) is 17.0 Å². The van der Waals surface area contributed by atoms with Gasteiger partial charge in [-0.2, -0.15) is 14.7 Å². The van der Waals surface area contributed by atoms with Crippen molar-refractivity contribution in [2.75, 3.05) is 0 Å². The van der Waals surface area contributed by atoms with E-state index in [2.05, 4.69) is 32.4 Å². The van der Waals surface area contributed by atoms with Gasteiger partial charge in [-0.25, -0.2) is 0 Å². The van der Waals surface area contributed by atoms with Crippen LogP contribution in [0.4, 0.5) is 0 Å². The second kappa shape index (κ2) is 6.16. The third-order valence-corrected chi connectivity index (χ3v) is 5.08. The van der Waals surface area contributed by atoms with E-state index in [0.717, 1.165) is 45.5 Å². The number of hydrogen-bond donors (Lipinski definition) is 1. The molecular formula is C15H12Cl2N6S. The molecule has 0 aliphatic heterocycles. The fourth-order valence-electron chi connectivity index (χ4n) is 2.49. The standard InChI is InChI=1S/C15H12Cl2N6S/c1-2-3-12-19-21-15-23(12)22-14(24-15)10-7-18-20-13(10)9-5-4-8(16)6-11(9)17/h4-7H,2-3H2,1H3,(H,18,20). The van der Waals surface area contributed by atoms with Crippen LogP contribution in [0.25, 0.3) is 26.8 Å². The molecule has 6 nitrogen and oxygen atoms in total. The fourth-order valence-corrected chi connectivity index (χ4v) is 3.87. The molecule has 0 unspecified atom stereocenters. The highest BCUT2D eigenvalue weighted by molar-refractivity contribution is 7.19. The zero-order valence-corrected chi connectivity index (χ0v) is 15.0. The molecule has 1 aromatic carbocycles. The van der Waals surface area contributed by atoms with Gasteiger partial charge in [-0.15, -0.1) is 10.2 Å². The van der Waals surface area contributed by atoms with Gasteiger partial charge in [-0.3, -0.25) is 5.10 Å². The lowest BCUT2D eigenvalue weighted by atomic mass is 10.1. The Balaban J connectivity index is 1.82. The number of rotatable bonds is 4. The van der Waals surface area contributed by atoms with Crippen molar-refractivity contribution in [3.8, 4) is 21.8 Å². The quantitative estimate of drug-likeness (QED) is 0.567. The molecule has 3 aromatic heterocycles. The number of aryl methyl sites for hydroxylation is 1. The third kappa shape index (κ3) is 2.58.